The van der Waals surface area contributed by atoms with E-state index in [4.69, 9.17) is 18.9 Å². The van der Waals surface area contributed by atoms with Crippen LogP contribution in [0, 0.1) is 10.1 Å². The van der Waals surface area contributed by atoms with Crippen LogP contribution in [0.25, 0.3) is 0 Å². The van der Waals surface area contributed by atoms with Gasteiger partial charge in [-0.3, -0.25) is 15.1 Å². The molecule has 1 saturated heterocycles. The summed E-state index contributed by atoms with van der Waals surface area (Å²) >= 11 is 0. The first-order valence-electron chi connectivity index (χ1n) is 13.3. The van der Waals surface area contributed by atoms with Crippen LogP contribution >= 0.6 is 0 Å². The SMILES string of the molecule is O=[N+]([O-])[C@@H]1[C@@H](OCc2ccccc2)[C@H](OCc2ccccc2)[C@@H](COCc2ccccc2)O[C@H]1c1ccccn1. The normalized spacial score (nSPS) is 22.6. The van der Waals surface area contributed by atoms with Crippen molar-refractivity contribution in [1.82, 2.24) is 4.98 Å². The Hall–Kier alpha value is -3.95. The zero-order valence-corrected chi connectivity index (χ0v) is 22.0. The molecular weight excluding hydrogens is 508 g/mol. The van der Waals surface area contributed by atoms with Gasteiger partial charge in [0.05, 0.1) is 32.1 Å². The maximum atomic E-state index is 12.6. The van der Waals surface area contributed by atoms with E-state index >= 15 is 0 Å². The van der Waals surface area contributed by atoms with Gasteiger partial charge >= 0.3 is 0 Å². The van der Waals surface area contributed by atoms with E-state index in [1.165, 1.54) is 0 Å². The molecule has 1 aromatic heterocycles. The molecule has 5 atom stereocenters. The highest BCUT2D eigenvalue weighted by atomic mass is 16.7. The molecule has 0 aliphatic carbocycles. The van der Waals surface area contributed by atoms with Gasteiger partial charge in [-0.2, -0.15) is 0 Å². The standard InChI is InChI=1S/C32H32N2O6/c35-34(36)29-30(27-18-10-11-19-33-27)40-28(23-37-20-24-12-4-1-5-13-24)31(38-21-25-14-6-2-7-15-25)32(29)39-22-26-16-8-3-9-17-26/h1-19,28-32H,20-23H2/t28-,29+,30+,31-,32-/m1/s1. The number of hydrogen-bond donors (Lipinski definition) is 0. The van der Waals surface area contributed by atoms with E-state index < -0.39 is 30.5 Å². The molecule has 0 amide bonds. The molecule has 0 N–H and O–H groups in total. The van der Waals surface area contributed by atoms with Gasteiger partial charge in [-0.15, -0.1) is 0 Å². The van der Waals surface area contributed by atoms with Crippen LogP contribution in [0.1, 0.15) is 28.5 Å². The third-order valence-corrected chi connectivity index (χ3v) is 6.85. The number of ether oxygens (including phenoxy) is 4. The van der Waals surface area contributed by atoms with Crippen LogP contribution in [0.15, 0.2) is 115 Å². The first kappa shape index (κ1) is 27.6. The molecule has 8 nitrogen and oxygen atoms in total. The van der Waals surface area contributed by atoms with Crippen molar-refractivity contribution in [2.75, 3.05) is 6.61 Å². The largest absolute Gasteiger partial charge is 0.374 e. The Morgan fingerprint density at radius 3 is 1.75 bits per heavy atom. The Labute approximate surface area is 233 Å². The number of hydrogen-bond acceptors (Lipinski definition) is 7. The molecule has 206 valence electrons. The highest BCUT2D eigenvalue weighted by molar-refractivity contribution is 5.17. The molecular formula is C32H32N2O6. The number of aromatic nitrogens is 1. The van der Waals surface area contributed by atoms with Crippen molar-refractivity contribution in [3.05, 3.63) is 148 Å². The topological polar surface area (TPSA) is 93.0 Å². The lowest BCUT2D eigenvalue weighted by Gasteiger charge is -2.42. The zero-order chi connectivity index (χ0) is 27.6. The predicted molar refractivity (Wildman–Crippen MR) is 149 cm³/mol. The van der Waals surface area contributed by atoms with E-state index in [9.17, 15) is 10.1 Å². The first-order chi connectivity index (χ1) is 19.7. The predicted octanol–water partition coefficient (Wildman–Crippen LogP) is 5.55. The van der Waals surface area contributed by atoms with E-state index in [0.717, 1.165) is 16.7 Å². The Balaban J connectivity index is 1.45. The van der Waals surface area contributed by atoms with Crippen LogP contribution in [0.4, 0.5) is 0 Å². The molecule has 0 bridgehead atoms. The molecule has 0 saturated carbocycles. The second-order valence-corrected chi connectivity index (χ2v) is 9.65. The van der Waals surface area contributed by atoms with Gasteiger partial charge in [0, 0.05) is 11.1 Å². The van der Waals surface area contributed by atoms with Crippen LogP contribution in [-0.2, 0) is 38.8 Å². The highest BCUT2D eigenvalue weighted by Crippen LogP contribution is 2.37. The van der Waals surface area contributed by atoms with Crippen molar-refractivity contribution >= 4 is 0 Å². The number of nitrogens with zero attached hydrogens (tertiary/aromatic N) is 2. The lowest BCUT2D eigenvalue weighted by Crippen LogP contribution is -2.60. The second-order valence-electron chi connectivity index (χ2n) is 9.65. The maximum Gasteiger partial charge on any atom is 0.272 e. The summed E-state index contributed by atoms with van der Waals surface area (Å²) in [4.78, 5) is 16.7. The molecule has 0 unspecified atom stereocenters. The molecule has 5 rings (SSSR count). The van der Waals surface area contributed by atoms with Gasteiger partial charge in [0.2, 0.25) is 0 Å². The van der Waals surface area contributed by atoms with Crippen LogP contribution in [0.3, 0.4) is 0 Å². The molecule has 4 aromatic rings. The smallest absolute Gasteiger partial charge is 0.272 e. The summed E-state index contributed by atoms with van der Waals surface area (Å²) in [5.41, 5.74) is 3.33. The maximum absolute atomic E-state index is 12.6. The van der Waals surface area contributed by atoms with Crippen molar-refractivity contribution < 1.29 is 23.9 Å². The molecule has 2 heterocycles. The second kappa shape index (κ2) is 13.9. The molecule has 0 radical (unpaired) electrons. The van der Waals surface area contributed by atoms with Gasteiger partial charge in [-0.1, -0.05) is 97.1 Å². The minimum absolute atomic E-state index is 0.160. The quantitative estimate of drug-likeness (QED) is 0.172. The average Bonchev–Trinajstić information content (AvgIpc) is 3.01. The summed E-state index contributed by atoms with van der Waals surface area (Å²) in [6.45, 7) is 0.962. The van der Waals surface area contributed by atoms with Crippen LogP contribution in [-0.4, -0.2) is 40.9 Å². The van der Waals surface area contributed by atoms with E-state index in [-0.39, 0.29) is 24.7 Å². The Kier molecular flexibility index (Phi) is 9.60. The van der Waals surface area contributed by atoms with Crippen LogP contribution in [0.5, 0.6) is 0 Å². The van der Waals surface area contributed by atoms with Gasteiger partial charge in [0.25, 0.3) is 6.04 Å². The molecule has 1 aliphatic heterocycles. The fourth-order valence-electron chi connectivity index (χ4n) is 4.87. The monoisotopic (exact) mass is 540 g/mol. The summed E-state index contributed by atoms with van der Waals surface area (Å²) in [6.07, 6.45) is -1.68. The van der Waals surface area contributed by atoms with Crippen molar-refractivity contribution in [2.24, 2.45) is 0 Å². The van der Waals surface area contributed by atoms with Gasteiger partial charge in [0.15, 0.2) is 12.2 Å². The summed E-state index contributed by atoms with van der Waals surface area (Å²) in [6, 6.07) is 33.2. The van der Waals surface area contributed by atoms with Crippen molar-refractivity contribution in [3.63, 3.8) is 0 Å². The number of rotatable bonds is 12. The lowest BCUT2D eigenvalue weighted by molar-refractivity contribution is -0.563. The lowest BCUT2D eigenvalue weighted by atomic mass is 9.90. The van der Waals surface area contributed by atoms with E-state index in [2.05, 4.69) is 4.98 Å². The van der Waals surface area contributed by atoms with Crippen molar-refractivity contribution in [2.45, 2.75) is 50.3 Å². The zero-order valence-electron chi connectivity index (χ0n) is 22.0. The van der Waals surface area contributed by atoms with Gasteiger partial charge in [0.1, 0.15) is 12.2 Å². The van der Waals surface area contributed by atoms with Gasteiger partial charge in [-0.05, 0) is 28.8 Å². The molecule has 1 fully saturated rings. The summed E-state index contributed by atoms with van der Waals surface area (Å²) in [5.74, 6) is 0. The van der Waals surface area contributed by atoms with E-state index in [1.54, 1.807) is 24.4 Å². The van der Waals surface area contributed by atoms with Gasteiger partial charge < -0.3 is 18.9 Å². The van der Waals surface area contributed by atoms with Crippen molar-refractivity contribution in [3.8, 4) is 0 Å². The third kappa shape index (κ3) is 7.16. The highest BCUT2D eigenvalue weighted by Gasteiger charge is 2.55. The first-order valence-corrected chi connectivity index (χ1v) is 13.3. The van der Waals surface area contributed by atoms with E-state index in [1.807, 2.05) is 91.0 Å². The number of benzene rings is 3. The molecule has 3 aromatic carbocycles. The molecule has 8 heteroatoms. The Morgan fingerprint density at radius 1 is 0.700 bits per heavy atom. The summed E-state index contributed by atoms with van der Waals surface area (Å²) < 4.78 is 25.3. The van der Waals surface area contributed by atoms with Crippen molar-refractivity contribution in [1.29, 1.82) is 0 Å². The minimum atomic E-state index is -1.25. The number of pyridine rings is 1. The molecule has 1 aliphatic rings. The van der Waals surface area contributed by atoms with E-state index in [0.29, 0.717) is 12.3 Å². The Morgan fingerprint density at radius 2 is 1.23 bits per heavy atom. The molecule has 40 heavy (non-hydrogen) atoms. The minimum Gasteiger partial charge on any atom is -0.374 e. The molecule has 0 spiro atoms. The summed E-state index contributed by atoms with van der Waals surface area (Å²) in [5, 5.41) is 12.6. The fraction of sp³-hybridized carbons (Fsp3) is 0.281. The van der Waals surface area contributed by atoms with Crippen LogP contribution < -0.4 is 0 Å². The average molecular weight is 541 g/mol. The Bertz CT molecular complexity index is 1310. The summed E-state index contributed by atoms with van der Waals surface area (Å²) in [7, 11) is 0. The van der Waals surface area contributed by atoms with Gasteiger partial charge in [-0.25, -0.2) is 0 Å². The fourth-order valence-corrected chi connectivity index (χ4v) is 4.87. The van der Waals surface area contributed by atoms with Crippen LogP contribution in [0.2, 0.25) is 0 Å². The number of nitro groups is 1. The third-order valence-electron chi connectivity index (χ3n) is 6.85.